The van der Waals surface area contributed by atoms with Gasteiger partial charge in [-0.25, -0.2) is 0 Å². The van der Waals surface area contributed by atoms with Crippen molar-refractivity contribution >= 4 is 5.97 Å². The van der Waals surface area contributed by atoms with Gasteiger partial charge >= 0.3 is 5.97 Å². The monoisotopic (exact) mass is 330 g/mol. The summed E-state index contributed by atoms with van der Waals surface area (Å²) in [6.45, 7) is 4.04. The highest BCUT2D eigenvalue weighted by molar-refractivity contribution is 5.69. The van der Waals surface area contributed by atoms with Gasteiger partial charge in [-0.3, -0.25) is 4.79 Å². The van der Waals surface area contributed by atoms with Gasteiger partial charge in [-0.2, -0.15) is 0 Å². The first-order valence-electron chi connectivity index (χ1n) is 9.07. The van der Waals surface area contributed by atoms with Gasteiger partial charge in [-0.15, -0.1) is 0 Å². The van der Waals surface area contributed by atoms with Crippen molar-refractivity contribution in [3.8, 4) is 0 Å². The zero-order valence-electron chi connectivity index (χ0n) is 15.0. The van der Waals surface area contributed by atoms with Crippen molar-refractivity contribution in [3.63, 3.8) is 0 Å². The molecule has 0 saturated carbocycles. The number of carbonyl (C=O) groups excluding carboxylic acids is 1. The van der Waals surface area contributed by atoms with Gasteiger partial charge in [0.1, 0.15) is 6.10 Å². The Morgan fingerprint density at radius 1 is 1.35 bits per heavy atom. The van der Waals surface area contributed by atoms with Crippen LogP contribution in [0.25, 0.3) is 0 Å². The number of aliphatic hydroxyl groups excluding tert-OH is 1. The third-order valence-electron chi connectivity index (χ3n) is 4.44. The fraction of sp³-hybridized carbons (Fsp3) is 0.944. The summed E-state index contributed by atoms with van der Waals surface area (Å²) >= 11 is 0. The molecular formula is C18H34O5. The molecule has 23 heavy (non-hydrogen) atoms. The Balaban J connectivity index is 2.22. The van der Waals surface area contributed by atoms with Crippen LogP contribution in [0.3, 0.4) is 0 Å². The number of methoxy groups -OCH3 is 1. The van der Waals surface area contributed by atoms with Crippen LogP contribution in [0.15, 0.2) is 0 Å². The molecular weight excluding hydrogens is 296 g/mol. The van der Waals surface area contributed by atoms with E-state index in [1.165, 1.54) is 6.42 Å². The molecule has 4 atom stereocenters. The maximum absolute atomic E-state index is 11.9. The highest BCUT2D eigenvalue weighted by atomic mass is 16.6. The lowest BCUT2D eigenvalue weighted by Crippen LogP contribution is -2.28. The summed E-state index contributed by atoms with van der Waals surface area (Å²) in [5.41, 5.74) is 0. The summed E-state index contributed by atoms with van der Waals surface area (Å²) in [5.74, 6) is -0.237. The maximum Gasteiger partial charge on any atom is 0.306 e. The van der Waals surface area contributed by atoms with Gasteiger partial charge in [0, 0.05) is 20.0 Å². The van der Waals surface area contributed by atoms with Crippen molar-refractivity contribution in [2.75, 3.05) is 13.7 Å². The molecule has 1 saturated heterocycles. The number of ether oxygens (including phenoxy) is 3. The quantitative estimate of drug-likeness (QED) is 0.589. The molecule has 0 aromatic heterocycles. The van der Waals surface area contributed by atoms with Crippen LogP contribution in [-0.2, 0) is 19.0 Å². The summed E-state index contributed by atoms with van der Waals surface area (Å²) < 4.78 is 16.6. The fourth-order valence-electron chi connectivity index (χ4n) is 3.14. The molecule has 1 N–H and O–H groups in total. The lowest BCUT2D eigenvalue weighted by molar-refractivity contribution is -0.153. The molecule has 4 unspecified atom stereocenters. The molecule has 1 rings (SSSR count). The topological polar surface area (TPSA) is 65.0 Å². The van der Waals surface area contributed by atoms with E-state index < -0.39 is 6.10 Å². The first-order chi connectivity index (χ1) is 11.1. The second kappa shape index (κ2) is 11.8. The van der Waals surface area contributed by atoms with E-state index >= 15 is 0 Å². The van der Waals surface area contributed by atoms with E-state index in [0.717, 1.165) is 38.5 Å². The van der Waals surface area contributed by atoms with Gasteiger partial charge in [0.15, 0.2) is 0 Å². The van der Waals surface area contributed by atoms with E-state index in [1.807, 2.05) is 0 Å². The van der Waals surface area contributed by atoms with Gasteiger partial charge in [0.05, 0.1) is 24.9 Å². The molecule has 0 aliphatic carbocycles. The van der Waals surface area contributed by atoms with Crippen LogP contribution >= 0.6 is 0 Å². The standard InChI is InChI=1S/C18H34O5/c1-4-7-16(21-3)12-17(13-19)23-18(20)11-6-10-15-9-5-8-14(2)22-15/h14-17,19H,4-13H2,1-3H3. The molecule has 5 heteroatoms. The average molecular weight is 330 g/mol. The lowest BCUT2D eigenvalue weighted by Gasteiger charge is -2.27. The molecule has 0 amide bonds. The normalized spacial score (nSPS) is 24.2. The molecule has 0 aromatic rings. The van der Waals surface area contributed by atoms with Crippen LogP contribution in [0, 0.1) is 0 Å². The Labute approximate surface area is 140 Å². The largest absolute Gasteiger partial charge is 0.460 e. The van der Waals surface area contributed by atoms with E-state index in [4.69, 9.17) is 14.2 Å². The van der Waals surface area contributed by atoms with Crippen LogP contribution in [-0.4, -0.2) is 49.2 Å². The number of carbonyl (C=O) groups is 1. The van der Waals surface area contributed by atoms with Crippen molar-refractivity contribution in [2.45, 2.75) is 96.1 Å². The van der Waals surface area contributed by atoms with E-state index in [1.54, 1.807) is 7.11 Å². The van der Waals surface area contributed by atoms with Crippen molar-refractivity contribution in [1.29, 1.82) is 0 Å². The summed E-state index contributed by atoms with van der Waals surface area (Å²) in [6.07, 6.45) is 8.13. The maximum atomic E-state index is 11.9. The molecule has 1 aliphatic heterocycles. The number of hydrogen-bond donors (Lipinski definition) is 1. The van der Waals surface area contributed by atoms with Crippen molar-refractivity contribution < 1.29 is 24.1 Å². The number of hydrogen-bond acceptors (Lipinski definition) is 5. The lowest BCUT2D eigenvalue weighted by atomic mass is 10.0. The summed E-state index contributed by atoms with van der Waals surface area (Å²) in [7, 11) is 1.65. The first-order valence-corrected chi connectivity index (χ1v) is 9.07. The number of aliphatic hydroxyl groups is 1. The van der Waals surface area contributed by atoms with Crippen LogP contribution in [0.4, 0.5) is 0 Å². The molecule has 0 bridgehead atoms. The minimum absolute atomic E-state index is 0.0297. The SMILES string of the molecule is CCCC(CC(CO)OC(=O)CCCC1CCCC(C)O1)OC. The van der Waals surface area contributed by atoms with Crippen molar-refractivity contribution in [1.82, 2.24) is 0 Å². The van der Waals surface area contributed by atoms with E-state index in [-0.39, 0.29) is 24.8 Å². The Bertz CT molecular complexity index is 321. The fourth-order valence-corrected chi connectivity index (χ4v) is 3.14. The van der Waals surface area contributed by atoms with E-state index in [2.05, 4.69) is 13.8 Å². The highest BCUT2D eigenvalue weighted by Gasteiger charge is 2.21. The second-order valence-electron chi connectivity index (χ2n) is 6.57. The molecule has 0 radical (unpaired) electrons. The number of rotatable bonds is 11. The van der Waals surface area contributed by atoms with Gasteiger partial charge in [0.25, 0.3) is 0 Å². The second-order valence-corrected chi connectivity index (χ2v) is 6.57. The summed E-state index contributed by atoms with van der Waals surface area (Å²) in [5, 5.41) is 9.39. The van der Waals surface area contributed by atoms with Gasteiger partial charge in [0.2, 0.25) is 0 Å². The van der Waals surface area contributed by atoms with Crippen LogP contribution in [0.5, 0.6) is 0 Å². The Hall–Kier alpha value is -0.650. The Morgan fingerprint density at radius 2 is 2.13 bits per heavy atom. The van der Waals surface area contributed by atoms with Crippen LogP contribution in [0.1, 0.15) is 71.6 Å². The van der Waals surface area contributed by atoms with Crippen molar-refractivity contribution in [2.24, 2.45) is 0 Å². The number of esters is 1. The molecule has 1 heterocycles. The smallest absolute Gasteiger partial charge is 0.306 e. The summed E-state index contributed by atoms with van der Waals surface area (Å²) in [4.78, 5) is 11.9. The predicted molar refractivity (Wildman–Crippen MR) is 89.3 cm³/mol. The van der Waals surface area contributed by atoms with Crippen LogP contribution < -0.4 is 0 Å². The Kier molecular flexibility index (Phi) is 10.5. The van der Waals surface area contributed by atoms with Gasteiger partial charge < -0.3 is 19.3 Å². The molecule has 1 fully saturated rings. The van der Waals surface area contributed by atoms with Crippen molar-refractivity contribution in [3.05, 3.63) is 0 Å². The van der Waals surface area contributed by atoms with Crippen LogP contribution in [0.2, 0.25) is 0 Å². The zero-order valence-corrected chi connectivity index (χ0v) is 15.0. The third kappa shape index (κ3) is 8.68. The first kappa shape index (κ1) is 20.4. The molecule has 136 valence electrons. The predicted octanol–water partition coefficient (Wildman–Crippen LogP) is 3.22. The summed E-state index contributed by atoms with van der Waals surface area (Å²) in [6, 6.07) is 0. The highest BCUT2D eigenvalue weighted by Crippen LogP contribution is 2.22. The van der Waals surface area contributed by atoms with Gasteiger partial charge in [-0.05, 0) is 45.4 Å². The molecule has 0 aromatic carbocycles. The Morgan fingerprint density at radius 3 is 2.74 bits per heavy atom. The van der Waals surface area contributed by atoms with E-state index in [0.29, 0.717) is 18.9 Å². The average Bonchev–Trinajstić information content (AvgIpc) is 2.53. The minimum Gasteiger partial charge on any atom is -0.460 e. The molecule has 1 aliphatic rings. The molecule has 0 spiro atoms. The van der Waals surface area contributed by atoms with Gasteiger partial charge in [-0.1, -0.05) is 13.3 Å². The third-order valence-corrected chi connectivity index (χ3v) is 4.44. The molecule has 5 nitrogen and oxygen atoms in total. The zero-order chi connectivity index (χ0) is 17.1. The minimum atomic E-state index is -0.468. The van der Waals surface area contributed by atoms with E-state index in [9.17, 15) is 9.90 Å².